The standard InChI is InChI=1S/C15H20N4/c1-11-2-3-15-17-14(10-19(15)6-11)9-18-7-12-4-16-5-13(12)8-18/h2-3,6,10,12-13,16H,4-5,7-9H2,1H3. The van der Waals surface area contributed by atoms with Crippen LogP contribution in [-0.2, 0) is 6.54 Å². The highest BCUT2D eigenvalue weighted by atomic mass is 15.2. The molecule has 0 amide bonds. The maximum Gasteiger partial charge on any atom is 0.137 e. The molecule has 4 heterocycles. The molecular weight excluding hydrogens is 236 g/mol. The number of likely N-dealkylation sites (tertiary alicyclic amines) is 1. The van der Waals surface area contributed by atoms with Gasteiger partial charge in [-0.3, -0.25) is 4.90 Å². The van der Waals surface area contributed by atoms with Crippen molar-refractivity contribution in [2.75, 3.05) is 26.2 Å². The number of pyridine rings is 1. The number of rotatable bonds is 2. The highest BCUT2D eigenvalue weighted by Crippen LogP contribution is 2.27. The van der Waals surface area contributed by atoms with Crippen LogP contribution in [0, 0.1) is 18.8 Å². The first-order valence-electron chi connectivity index (χ1n) is 7.15. The van der Waals surface area contributed by atoms with Crippen molar-refractivity contribution in [2.24, 2.45) is 11.8 Å². The highest BCUT2D eigenvalue weighted by molar-refractivity contribution is 5.41. The fourth-order valence-electron chi connectivity index (χ4n) is 3.54. The number of hydrogen-bond acceptors (Lipinski definition) is 3. The summed E-state index contributed by atoms with van der Waals surface area (Å²) in [7, 11) is 0. The van der Waals surface area contributed by atoms with Crippen LogP contribution >= 0.6 is 0 Å². The first-order valence-corrected chi connectivity index (χ1v) is 7.15. The summed E-state index contributed by atoms with van der Waals surface area (Å²) in [6, 6.07) is 4.22. The maximum atomic E-state index is 4.72. The van der Waals surface area contributed by atoms with Gasteiger partial charge < -0.3 is 9.72 Å². The van der Waals surface area contributed by atoms with E-state index < -0.39 is 0 Å². The van der Waals surface area contributed by atoms with Gasteiger partial charge in [-0.05, 0) is 43.5 Å². The molecule has 0 spiro atoms. The highest BCUT2D eigenvalue weighted by Gasteiger charge is 2.35. The molecule has 2 atom stereocenters. The van der Waals surface area contributed by atoms with Crippen molar-refractivity contribution in [1.29, 1.82) is 0 Å². The summed E-state index contributed by atoms with van der Waals surface area (Å²) in [6.07, 6.45) is 4.32. The third kappa shape index (κ3) is 2.05. The van der Waals surface area contributed by atoms with Crippen LogP contribution in [0.25, 0.3) is 5.65 Å². The Bertz CT molecular complexity index is 591. The van der Waals surface area contributed by atoms with Crippen LogP contribution in [0.4, 0.5) is 0 Å². The van der Waals surface area contributed by atoms with Gasteiger partial charge in [0.15, 0.2) is 0 Å². The van der Waals surface area contributed by atoms with E-state index in [0.717, 1.165) is 24.0 Å². The smallest absolute Gasteiger partial charge is 0.137 e. The molecule has 0 bridgehead atoms. The molecule has 0 aliphatic carbocycles. The Morgan fingerprint density at radius 1 is 1.21 bits per heavy atom. The van der Waals surface area contributed by atoms with E-state index in [1.54, 1.807) is 0 Å². The molecule has 2 aromatic rings. The van der Waals surface area contributed by atoms with Crippen molar-refractivity contribution in [2.45, 2.75) is 13.5 Å². The fraction of sp³-hybridized carbons (Fsp3) is 0.533. The Hall–Kier alpha value is -1.39. The molecule has 2 unspecified atom stereocenters. The average molecular weight is 256 g/mol. The topological polar surface area (TPSA) is 32.6 Å². The van der Waals surface area contributed by atoms with Crippen LogP contribution < -0.4 is 5.32 Å². The number of nitrogens with zero attached hydrogens (tertiary/aromatic N) is 3. The van der Waals surface area contributed by atoms with Gasteiger partial charge in [0, 0.05) is 32.0 Å². The lowest BCUT2D eigenvalue weighted by Crippen LogP contribution is -2.25. The molecule has 2 aliphatic rings. The lowest BCUT2D eigenvalue weighted by Gasteiger charge is -2.14. The van der Waals surface area contributed by atoms with Crippen molar-refractivity contribution >= 4 is 5.65 Å². The van der Waals surface area contributed by atoms with Crippen molar-refractivity contribution < 1.29 is 0 Å². The molecule has 2 aliphatic heterocycles. The third-order valence-electron chi connectivity index (χ3n) is 4.50. The van der Waals surface area contributed by atoms with Crippen LogP contribution in [0.1, 0.15) is 11.3 Å². The van der Waals surface area contributed by atoms with Gasteiger partial charge in [-0.2, -0.15) is 0 Å². The zero-order chi connectivity index (χ0) is 12.8. The summed E-state index contributed by atoms with van der Waals surface area (Å²) in [5.41, 5.74) is 3.53. The Labute approximate surface area is 113 Å². The minimum atomic E-state index is 0.860. The molecule has 2 saturated heterocycles. The molecule has 4 nitrogen and oxygen atoms in total. The van der Waals surface area contributed by atoms with E-state index in [1.165, 1.54) is 37.4 Å². The van der Waals surface area contributed by atoms with Crippen LogP contribution in [0.15, 0.2) is 24.5 Å². The molecule has 19 heavy (non-hydrogen) atoms. The molecular formula is C15H20N4. The predicted octanol–water partition coefficient (Wildman–Crippen LogP) is 1.29. The van der Waals surface area contributed by atoms with Crippen molar-refractivity contribution in [3.8, 4) is 0 Å². The van der Waals surface area contributed by atoms with Crippen LogP contribution in [0.2, 0.25) is 0 Å². The summed E-state index contributed by atoms with van der Waals surface area (Å²) in [4.78, 5) is 7.28. The third-order valence-corrected chi connectivity index (χ3v) is 4.50. The lowest BCUT2D eigenvalue weighted by atomic mass is 10.0. The lowest BCUT2D eigenvalue weighted by molar-refractivity contribution is 0.302. The Balaban J connectivity index is 1.52. The van der Waals surface area contributed by atoms with Crippen LogP contribution in [-0.4, -0.2) is 40.5 Å². The van der Waals surface area contributed by atoms with Gasteiger partial charge in [-0.15, -0.1) is 0 Å². The van der Waals surface area contributed by atoms with E-state index in [-0.39, 0.29) is 0 Å². The van der Waals surface area contributed by atoms with Gasteiger partial charge in [-0.1, -0.05) is 6.07 Å². The Morgan fingerprint density at radius 3 is 2.79 bits per heavy atom. The molecule has 4 heteroatoms. The number of aryl methyl sites for hydroxylation is 1. The summed E-state index contributed by atoms with van der Waals surface area (Å²) >= 11 is 0. The molecule has 2 fully saturated rings. The van der Waals surface area contributed by atoms with E-state index in [2.05, 4.69) is 46.1 Å². The number of fused-ring (bicyclic) bond motifs is 2. The van der Waals surface area contributed by atoms with E-state index in [0.29, 0.717) is 0 Å². The van der Waals surface area contributed by atoms with Crippen molar-refractivity contribution in [1.82, 2.24) is 19.6 Å². The van der Waals surface area contributed by atoms with Crippen molar-refractivity contribution in [3.05, 3.63) is 35.8 Å². The summed E-state index contributed by atoms with van der Waals surface area (Å²) < 4.78 is 2.14. The number of nitrogens with one attached hydrogen (secondary N) is 1. The summed E-state index contributed by atoms with van der Waals surface area (Å²) in [6.45, 7) is 7.97. The summed E-state index contributed by atoms with van der Waals surface area (Å²) in [5.74, 6) is 1.72. The molecule has 1 N–H and O–H groups in total. The van der Waals surface area contributed by atoms with E-state index in [4.69, 9.17) is 4.98 Å². The predicted molar refractivity (Wildman–Crippen MR) is 75.1 cm³/mol. The zero-order valence-electron chi connectivity index (χ0n) is 11.3. The Morgan fingerprint density at radius 2 is 2.00 bits per heavy atom. The molecule has 0 radical (unpaired) electrons. The fourth-order valence-corrected chi connectivity index (χ4v) is 3.54. The minimum absolute atomic E-state index is 0.860. The van der Waals surface area contributed by atoms with Crippen LogP contribution in [0.3, 0.4) is 0 Å². The quantitative estimate of drug-likeness (QED) is 0.879. The zero-order valence-corrected chi connectivity index (χ0v) is 11.3. The first kappa shape index (κ1) is 11.4. The molecule has 100 valence electrons. The normalized spacial score (nSPS) is 27.2. The second-order valence-electron chi connectivity index (χ2n) is 6.08. The number of hydrogen-bond donors (Lipinski definition) is 1. The van der Waals surface area contributed by atoms with Gasteiger partial charge in [-0.25, -0.2) is 4.98 Å². The van der Waals surface area contributed by atoms with E-state index in [1.807, 2.05) is 0 Å². The number of imidazole rings is 1. The molecule has 2 aromatic heterocycles. The van der Waals surface area contributed by atoms with Gasteiger partial charge in [0.2, 0.25) is 0 Å². The monoisotopic (exact) mass is 256 g/mol. The van der Waals surface area contributed by atoms with Gasteiger partial charge in [0.25, 0.3) is 0 Å². The van der Waals surface area contributed by atoms with E-state index in [9.17, 15) is 0 Å². The molecule has 0 aromatic carbocycles. The maximum absolute atomic E-state index is 4.72. The summed E-state index contributed by atoms with van der Waals surface area (Å²) in [5, 5.41) is 3.49. The van der Waals surface area contributed by atoms with E-state index >= 15 is 0 Å². The second kappa shape index (κ2) is 4.32. The largest absolute Gasteiger partial charge is 0.316 e. The van der Waals surface area contributed by atoms with Gasteiger partial charge in [0.05, 0.1) is 5.69 Å². The van der Waals surface area contributed by atoms with Gasteiger partial charge in [0.1, 0.15) is 5.65 Å². The molecule has 4 rings (SSSR count). The number of aromatic nitrogens is 2. The van der Waals surface area contributed by atoms with Gasteiger partial charge >= 0.3 is 0 Å². The SMILES string of the molecule is Cc1ccc2nc(CN3CC4CNCC4C3)cn2c1. The first-order chi connectivity index (χ1) is 9.28. The molecule has 0 saturated carbocycles. The van der Waals surface area contributed by atoms with Crippen molar-refractivity contribution in [3.63, 3.8) is 0 Å². The second-order valence-corrected chi connectivity index (χ2v) is 6.08. The van der Waals surface area contributed by atoms with Crippen LogP contribution in [0.5, 0.6) is 0 Å². The Kier molecular flexibility index (Phi) is 2.60. The average Bonchev–Trinajstić information content (AvgIpc) is 3.01. The minimum Gasteiger partial charge on any atom is -0.316 e.